The number of benzene rings is 1. The van der Waals surface area contributed by atoms with E-state index in [1.165, 1.54) is 22.7 Å². The van der Waals surface area contributed by atoms with Crippen molar-refractivity contribution in [2.75, 3.05) is 0 Å². The normalized spacial score (nSPS) is 12.7. The molecule has 0 bridgehead atoms. The second-order valence-electron chi connectivity index (χ2n) is 3.66. The van der Waals surface area contributed by atoms with Crippen molar-refractivity contribution in [3.05, 3.63) is 46.0 Å². The molecule has 78 valence electrons. The molecule has 0 radical (unpaired) electrons. The Bertz CT molecular complexity index is 451. The fourth-order valence-electron chi connectivity index (χ4n) is 1.64. The number of hydrogen-bond donors (Lipinski definition) is 1. The second kappa shape index (κ2) is 4.08. The maximum atomic E-state index is 6.14. The number of nitrogens with zero attached hydrogens (tertiary/aromatic N) is 2. The summed E-state index contributed by atoms with van der Waals surface area (Å²) < 4.78 is 3.83. The molecule has 15 heavy (non-hydrogen) atoms. The van der Waals surface area contributed by atoms with E-state index >= 15 is 0 Å². The van der Waals surface area contributed by atoms with Crippen LogP contribution in [0.3, 0.4) is 0 Å². The summed E-state index contributed by atoms with van der Waals surface area (Å²) in [5, 5.41) is 3.80. The standard InChI is InChI=1S/C11H13N3S/c1-7-3-4-9(8(2)5-7)11(12)10-6-13-14-15-10/h3-6,11H,12H2,1-2H3. The highest BCUT2D eigenvalue weighted by Crippen LogP contribution is 2.24. The fourth-order valence-corrected chi connectivity index (χ4v) is 2.16. The van der Waals surface area contributed by atoms with Crippen molar-refractivity contribution in [2.45, 2.75) is 19.9 Å². The van der Waals surface area contributed by atoms with Crippen LogP contribution in [-0.4, -0.2) is 9.59 Å². The summed E-state index contributed by atoms with van der Waals surface area (Å²) in [5.74, 6) is 0. The van der Waals surface area contributed by atoms with Crippen molar-refractivity contribution in [1.82, 2.24) is 9.59 Å². The first kappa shape index (κ1) is 10.3. The van der Waals surface area contributed by atoms with E-state index in [1.54, 1.807) is 6.20 Å². The first-order chi connectivity index (χ1) is 7.18. The van der Waals surface area contributed by atoms with Gasteiger partial charge in [0.25, 0.3) is 0 Å². The monoisotopic (exact) mass is 219 g/mol. The zero-order chi connectivity index (χ0) is 10.8. The molecule has 2 rings (SSSR count). The number of aryl methyl sites for hydroxylation is 2. The van der Waals surface area contributed by atoms with Gasteiger partial charge in [-0.15, -0.1) is 5.10 Å². The largest absolute Gasteiger partial charge is 0.320 e. The van der Waals surface area contributed by atoms with Gasteiger partial charge >= 0.3 is 0 Å². The number of aromatic nitrogens is 2. The van der Waals surface area contributed by atoms with E-state index in [2.05, 4.69) is 41.6 Å². The average Bonchev–Trinajstić information content (AvgIpc) is 2.69. The minimum Gasteiger partial charge on any atom is -0.320 e. The maximum absolute atomic E-state index is 6.14. The zero-order valence-corrected chi connectivity index (χ0v) is 9.58. The highest BCUT2D eigenvalue weighted by Gasteiger charge is 2.13. The summed E-state index contributed by atoms with van der Waals surface area (Å²) in [7, 11) is 0. The smallest absolute Gasteiger partial charge is 0.0681 e. The predicted molar refractivity (Wildman–Crippen MR) is 61.9 cm³/mol. The molecule has 1 heterocycles. The van der Waals surface area contributed by atoms with E-state index in [1.807, 2.05) is 0 Å². The summed E-state index contributed by atoms with van der Waals surface area (Å²) >= 11 is 1.35. The van der Waals surface area contributed by atoms with Crippen molar-refractivity contribution in [1.29, 1.82) is 0 Å². The molecule has 1 aromatic heterocycles. The molecule has 0 amide bonds. The summed E-state index contributed by atoms with van der Waals surface area (Å²) in [6, 6.07) is 6.20. The lowest BCUT2D eigenvalue weighted by Crippen LogP contribution is -2.11. The third-order valence-electron chi connectivity index (χ3n) is 2.45. The van der Waals surface area contributed by atoms with Gasteiger partial charge in [0.1, 0.15) is 0 Å². The Morgan fingerprint density at radius 1 is 1.33 bits per heavy atom. The Labute approximate surface area is 93.1 Å². The fraction of sp³-hybridized carbons (Fsp3) is 0.273. The Balaban J connectivity index is 2.38. The second-order valence-corrected chi connectivity index (χ2v) is 4.47. The quantitative estimate of drug-likeness (QED) is 0.842. The summed E-state index contributed by atoms with van der Waals surface area (Å²) in [4.78, 5) is 1.00. The molecule has 0 spiro atoms. The van der Waals surface area contributed by atoms with Crippen LogP contribution in [0.5, 0.6) is 0 Å². The third kappa shape index (κ3) is 2.06. The van der Waals surface area contributed by atoms with Gasteiger partial charge in [-0.2, -0.15) is 0 Å². The van der Waals surface area contributed by atoms with Gasteiger partial charge in [-0.3, -0.25) is 0 Å². The van der Waals surface area contributed by atoms with Gasteiger partial charge in [-0.05, 0) is 36.5 Å². The molecule has 0 saturated heterocycles. The SMILES string of the molecule is Cc1ccc(C(N)c2cnns2)c(C)c1. The lowest BCUT2D eigenvalue weighted by molar-refractivity contribution is 0.877. The molecule has 0 saturated carbocycles. The van der Waals surface area contributed by atoms with Crippen molar-refractivity contribution >= 4 is 11.5 Å². The molecule has 0 aliphatic heterocycles. The predicted octanol–water partition coefficient (Wildman–Crippen LogP) is 2.20. The molecular formula is C11H13N3S. The number of nitrogens with two attached hydrogens (primary N) is 1. The molecule has 3 nitrogen and oxygen atoms in total. The third-order valence-corrected chi connectivity index (χ3v) is 3.19. The van der Waals surface area contributed by atoms with Gasteiger partial charge in [-0.1, -0.05) is 28.3 Å². The molecule has 1 aromatic carbocycles. The average molecular weight is 219 g/mol. The Hall–Kier alpha value is -1.26. The Morgan fingerprint density at radius 3 is 2.73 bits per heavy atom. The molecule has 4 heteroatoms. The molecule has 2 aromatic rings. The molecule has 2 N–H and O–H groups in total. The van der Waals surface area contributed by atoms with Gasteiger partial charge in [0.15, 0.2) is 0 Å². The van der Waals surface area contributed by atoms with Gasteiger partial charge in [0, 0.05) is 0 Å². The first-order valence-electron chi connectivity index (χ1n) is 4.78. The van der Waals surface area contributed by atoms with Crippen molar-refractivity contribution in [3.8, 4) is 0 Å². The van der Waals surface area contributed by atoms with Crippen LogP contribution in [0.25, 0.3) is 0 Å². The lowest BCUT2D eigenvalue weighted by Gasteiger charge is -2.12. The molecule has 1 unspecified atom stereocenters. The van der Waals surface area contributed by atoms with E-state index in [9.17, 15) is 0 Å². The van der Waals surface area contributed by atoms with Crippen molar-refractivity contribution in [2.24, 2.45) is 5.73 Å². The van der Waals surface area contributed by atoms with Crippen LogP contribution in [0.4, 0.5) is 0 Å². The van der Waals surface area contributed by atoms with Crippen molar-refractivity contribution in [3.63, 3.8) is 0 Å². The summed E-state index contributed by atoms with van der Waals surface area (Å²) in [6.45, 7) is 4.16. The van der Waals surface area contributed by atoms with E-state index in [4.69, 9.17) is 5.73 Å². The zero-order valence-electron chi connectivity index (χ0n) is 8.77. The van der Waals surface area contributed by atoms with Crippen LogP contribution < -0.4 is 5.73 Å². The van der Waals surface area contributed by atoms with E-state index < -0.39 is 0 Å². The number of hydrogen-bond acceptors (Lipinski definition) is 4. The molecule has 0 fully saturated rings. The van der Waals surface area contributed by atoms with Crippen LogP contribution in [0.2, 0.25) is 0 Å². The van der Waals surface area contributed by atoms with E-state index in [0.29, 0.717) is 0 Å². The van der Waals surface area contributed by atoms with Gasteiger partial charge in [0.05, 0.1) is 17.1 Å². The highest BCUT2D eigenvalue weighted by atomic mass is 32.1. The van der Waals surface area contributed by atoms with Crippen LogP contribution in [0.15, 0.2) is 24.4 Å². The van der Waals surface area contributed by atoms with Crippen LogP contribution in [-0.2, 0) is 0 Å². The van der Waals surface area contributed by atoms with Gasteiger partial charge < -0.3 is 5.73 Å². The molecule has 1 atom stereocenters. The van der Waals surface area contributed by atoms with Crippen LogP contribution in [0, 0.1) is 13.8 Å². The van der Waals surface area contributed by atoms with E-state index in [-0.39, 0.29) is 6.04 Å². The van der Waals surface area contributed by atoms with Gasteiger partial charge in [-0.25, -0.2) is 0 Å². The van der Waals surface area contributed by atoms with Crippen LogP contribution in [0.1, 0.15) is 27.6 Å². The minimum absolute atomic E-state index is 0.106. The first-order valence-corrected chi connectivity index (χ1v) is 5.56. The number of rotatable bonds is 2. The maximum Gasteiger partial charge on any atom is 0.0681 e. The highest BCUT2D eigenvalue weighted by molar-refractivity contribution is 7.05. The molecule has 0 aliphatic carbocycles. The van der Waals surface area contributed by atoms with Gasteiger partial charge in [0.2, 0.25) is 0 Å². The Morgan fingerprint density at radius 2 is 2.13 bits per heavy atom. The summed E-state index contributed by atoms with van der Waals surface area (Å²) in [6.07, 6.45) is 1.73. The van der Waals surface area contributed by atoms with Crippen molar-refractivity contribution < 1.29 is 0 Å². The van der Waals surface area contributed by atoms with E-state index in [0.717, 1.165) is 10.4 Å². The Kier molecular flexibility index (Phi) is 2.79. The lowest BCUT2D eigenvalue weighted by atomic mass is 9.99. The topological polar surface area (TPSA) is 51.8 Å². The molecule has 0 aliphatic rings. The minimum atomic E-state index is -0.106. The van der Waals surface area contributed by atoms with Crippen LogP contribution >= 0.6 is 11.5 Å². The summed E-state index contributed by atoms with van der Waals surface area (Å²) in [5.41, 5.74) is 9.76. The molecular weight excluding hydrogens is 206 g/mol.